The first kappa shape index (κ1) is 58.6. The molecule has 0 spiro atoms. The zero-order chi connectivity index (χ0) is 62.9. The predicted octanol–water partition coefficient (Wildman–Crippen LogP) is 22.4. The molecule has 0 fully saturated rings. The molecular formula is C70H42F15N3. The van der Waals surface area contributed by atoms with Crippen molar-refractivity contribution in [2.45, 2.75) is 58.6 Å². The molecule has 0 saturated heterocycles. The maximum Gasteiger partial charge on any atom is 0.420 e. The number of rotatable bonds is 7. The minimum atomic E-state index is -5.32. The summed E-state index contributed by atoms with van der Waals surface area (Å²) in [5.41, 5.74) is -3.25. The first-order chi connectivity index (χ1) is 41.3. The molecular weight excluding hydrogens is 1170 g/mol. The lowest BCUT2D eigenvalue weighted by atomic mass is 9.96. The molecule has 0 amide bonds. The summed E-state index contributed by atoms with van der Waals surface area (Å²) in [5, 5.41) is 10.9. The van der Waals surface area contributed by atoms with Gasteiger partial charge in [-0.05, 0) is 210 Å². The van der Waals surface area contributed by atoms with Crippen LogP contribution in [0.2, 0.25) is 0 Å². The van der Waals surface area contributed by atoms with E-state index >= 15 is 13.2 Å². The number of hydrogen-bond donors (Lipinski definition) is 0. The van der Waals surface area contributed by atoms with Gasteiger partial charge in [0.05, 0.1) is 67.3 Å². The van der Waals surface area contributed by atoms with E-state index in [9.17, 15) is 57.9 Å². The molecule has 88 heavy (non-hydrogen) atoms. The standard InChI is InChI=1S/C70H42F15N3/c1-36-16-37(2)18-46(17-36)42-8-12-59-55(28-42)56-29-43(47-19-38(3)21-51(24-47)66(71,72)73)9-13-60(56)87(59)63-32-50(41-7-5-6-40(23-41)35-86)33-64(65(63)70(83,84)85)88-61-14-10-44(48-20-39(4)22-52(25-48)67(74,75)76)30-57(61)58-31-45(11-15-62(58)88)49-26-53(68(77,78)79)34-54(27-49)69(80,81)82/h5-34H,1-4H3. The summed E-state index contributed by atoms with van der Waals surface area (Å²) in [7, 11) is 0. The average molecular weight is 1210 g/mol. The fourth-order valence-corrected chi connectivity index (χ4v) is 12.0. The first-order valence-corrected chi connectivity index (χ1v) is 27.0. The molecule has 442 valence electrons. The summed E-state index contributed by atoms with van der Waals surface area (Å²) in [5.74, 6) is 0. The number of nitrogens with zero attached hydrogens (tertiary/aromatic N) is 3. The molecule has 12 rings (SSSR count). The van der Waals surface area contributed by atoms with Crippen molar-refractivity contribution in [3.05, 3.63) is 238 Å². The zero-order valence-electron chi connectivity index (χ0n) is 46.3. The number of alkyl halides is 15. The molecule has 0 bridgehead atoms. The Bertz CT molecular complexity index is 4850. The molecule has 18 heteroatoms. The molecule has 2 heterocycles. The van der Waals surface area contributed by atoms with Crippen molar-refractivity contribution < 1.29 is 65.9 Å². The van der Waals surface area contributed by atoms with Crippen molar-refractivity contribution in [2.75, 3.05) is 0 Å². The Morgan fingerprint density at radius 3 is 0.909 bits per heavy atom. The molecule has 0 radical (unpaired) electrons. The molecule has 0 aliphatic rings. The lowest BCUT2D eigenvalue weighted by molar-refractivity contribution is -0.143. The second kappa shape index (κ2) is 20.7. The summed E-state index contributed by atoms with van der Waals surface area (Å²) in [6, 6.07) is 41.6. The van der Waals surface area contributed by atoms with E-state index in [2.05, 4.69) is 0 Å². The fraction of sp³-hybridized carbons (Fsp3) is 0.129. The normalized spacial score (nSPS) is 12.7. The maximum absolute atomic E-state index is 17.1. The second-order valence-electron chi connectivity index (χ2n) is 22.0. The van der Waals surface area contributed by atoms with Crippen LogP contribution < -0.4 is 0 Å². The second-order valence-corrected chi connectivity index (χ2v) is 22.0. The van der Waals surface area contributed by atoms with E-state index < -0.39 is 75.6 Å². The third-order valence-electron chi connectivity index (χ3n) is 15.7. The molecule has 0 N–H and O–H groups in total. The van der Waals surface area contributed by atoms with Gasteiger partial charge in [0.25, 0.3) is 0 Å². The summed E-state index contributed by atoms with van der Waals surface area (Å²) in [6.07, 6.45) is -25.4. The number of benzene rings is 10. The van der Waals surface area contributed by atoms with E-state index in [1.54, 1.807) is 36.4 Å². The molecule has 0 aliphatic carbocycles. The van der Waals surface area contributed by atoms with Crippen LogP contribution in [0.5, 0.6) is 0 Å². The summed E-state index contributed by atoms with van der Waals surface area (Å²) < 4.78 is 226. The topological polar surface area (TPSA) is 33.6 Å². The van der Waals surface area contributed by atoms with Gasteiger partial charge in [-0.1, -0.05) is 77.9 Å². The molecule has 3 nitrogen and oxygen atoms in total. The van der Waals surface area contributed by atoms with Crippen molar-refractivity contribution in [3.63, 3.8) is 0 Å². The largest absolute Gasteiger partial charge is 0.420 e. The molecule has 0 atom stereocenters. The van der Waals surface area contributed by atoms with Gasteiger partial charge in [0, 0.05) is 21.5 Å². The lowest BCUT2D eigenvalue weighted by Gasteiger charge is -2.23. The molecule has 10 aromatic carbocycles. The summed E-state index contributed by atoms with van der Waals surface area (Å²) >= 11 is 0. The Morgan fingerprint density at radius 2 is 0.580 bits per heavy atom. The minimum absolute atomic E-state index is 0.0232. The third-order valence-corrected chi connectivity index (χ3v) is 15.7. The van der Waals surface area contributed by atoms with Crippen molar-refractivity contribution >= 4 is 43.6 Å². The van der Waals surface area contributed by atoms with Crippen molar-refractivity contribution in [1.82, 2.24) is 9.13 Å². The molecule has 0 unspecified atom stereocenters. The zero-order valence-corrected chi connectivity index (χ0v) is 46.3. The van der Waals surface area contributed by atoms with E-state index in [1.165, 1.54) is 102 Å². The predicted molar refractivity (Wildman–Crippen MR) is 311 cm³/mol. The summed E-state index contributed by atoms with van der Waals surface area (Å²) in [4.78, 5) is 0. The SMILES string of the molecule is Cc1cc(C)cc(-c2ccc3c(c2)c2cc(-c4cc(C)cc(C(F)(F)F)c4)ccc2n3-c2cc(-c3cccc(C#N)c3)cc(-n3c4ccc(-c5cc(C)cc(C(F)(F)F)c5)cc4c4cc(-c5cc(C(F)(F)F)cc(C(F)(F)F)c5)ccc43)c2C(F)(F)F)c1. The Kier molecular flexibility index (Phi) is 13.8. The van der Waals surface area contributed by atoms with Crippen LogP contribution in [-0.2, 0) is 30.9 Å². The molecule has 2 aromatic heterocycles. The van der Waals surface area contributed by atoms with E-state index in [-0.39, 0.29) is 83.4 Å². The van der Waals surface area contributed by atoms with Crippen molar-refractivity contribution in [1.29, 1.82) is 5.26 Å². The van der Waals surface area contributed by atoms with Gasteiger partial charge in [-0.2, -0.15) is 71.1 Å². The molecule has 12 aromatic rings. The molecule has 0 aliphatic heterocycles. The summed E-state index contributed by atoms with van der Waals surface area (Å²) in [6.45, 7) is 6.72. The Balaban J connectivity index is 1.21. The highest BCUT2D eigenvalue weighted by molar-refractivity contribution is 6.14. The highest BCUT2D eigenvalue weighted by atomic mass is 19.4. The van der Waals surface area contributed by atoms with E-state index in [0.29, 0.717) is 39.6 Å². The Hall–Kier alpha value is -9.76. The van der Waals surface area contributed by atoms with Gasteiger partial charge in [-0.3, -0.25) is 0 Å². The number of hydrogen-bond acceptors (Lipinski definition) is 1. The van der Waals surface area contributed by atoms with Crippen LogP contribution in [0.3, 0.4) is 0 Å². The van der Waals surface area contributed by atoms with Crippen LogP contribution in [0.15, 0.2) is 182 Å². The van der Waals surface area contributed by atoms with Gasteiger partial charge in [-0.15, -0.1) is 0 Å². The minimum Gasteiger partial charge on any atom is -0.309 e. The quantitative estimate of drug-likeness (QED) is 0.146. The monoisotopic (exact) mass is 1210 g/mol. The maximum atomic E-state index is 17.1. The van der Waals surface area contributed by atoms with Crippen molar-refractivity contribution in [3.8, 4) is 73.1 Å². The van der Waals surface area contributed by atoms with Crippen LogP contribution in [0.25, 0.3) is 111 Å². The highest BCUT2D eigenvalue weighted by Gasteiger charge is 2.41. The number of nitriles is 1. The van der Waals surface area contributed by atoms with Gasteiger partial charge in [-0.25, -0.2) is 0 Å². The molecule has 0 saturated carbocycles. The van der Waals surface area contributed by atoms with Crippen LogP contribution in [0.1, 0.15) is 55.6 Å². The first-order valence-electron chi connectivity index (χ1n) is 27.0. The average Bonchev–Trinajstić information content (AvgIpc) is 1.53. The van der Waals surface area contributed by atoms with Gasteiger partial charge < -0.3 is 9.13 Å². The van der Waals surface area contributed by atoms with E-state index in [1.807, 2.05) is 38.1 Å². The number of fused-ring (bicyclic) bond motifs is 6. The van der Waals surface area contributed by atoms with Gasteiger partial charge in [0.1, 0.15) is 5.56 Å². The number of aromatic nitrogens is 2. The number of halogens is 15. The van der Waals surface area contributed by atoms with E-state index in [0.717, 1.165) is 47.0 Å². The van der Waals surface area contributed by atoms with E-state index in [4.69, 9.17) is 0 Å². The van der Waals surface area contributed by atoms with Crippen LogP contribution in [0.4, 0.5) is 65.9 Å². The Labute approximate surface area is 491 Å². The van der Waals surface area contributed by atoms with Crippen LogP contribution in [0, 0.1) is 39.0 Å². The van der Waals surface area contributed by atoms with Crippen molar-refractivity contribution in [2.24, 2.45) is 0 Å². The Morgan fingerprint density at radius 1 is 0.284 bits per heavy atom. The van der Waals surface area contributed by atoms with Gasteiger partial charge >= 0.3 is 30.9 Å². The number of aryl methyl sites for hydroxylation is 4. The smallest absolute Gasteiger partial charge is 0.309 e. The fourth-order valence-electron chi connectivity index (χ4n) is 12.0. The van der Waals surface area contributed by atoms with Gasteiger partial charge in [0.15, 0.2) is 0 Å². The third kappa shape index (κ3) is 10.8. The highest BCUT2D eigenvalue weighted by Crippen LogP contribution is 2.49. The van der Waals surface area contributed by atoms with Crippen LogP contribution >= 0.6 is 0 Å². The van der Waals surface area contributed by atoms with Crippen LogP contribution in [-0.4, -0.2) is 9.13 Å². The van der Waals surface area contributed by atoms with Gasteiger partial charge in [0.2, 0.25) is 0 Å². The lowest BCUT2D eigenvalue weighted by Crippen LogP contribution is -2.16.